The van der Waals surface area contributed by atoms with Crippen molar-refractivity contribution < 1.29 is 14.3 Å². The van der Waals surface area contributed by atoms with E-state index in [-0.39, 0.29) is 31.0 Å². The third-order valence-corrected chi connectivity index (χ3v) is 3.31. The molecule has 0 fully saturated rings. The van der Waals surface area contributed by atoms with Gasteiger partial charge in [0.2, 0.25) is 0 Å². The smallest absolute Gasteiger partial charge is 0.312 e. The van der Waals surface area contributed by atoms with Gasteiger partial charge in [0.1, 0.15) is 5.75 Å². The monoisotopic (exact) mass is 287 g/mol. The van der Waals surface area contributed by atoms with E-state index in [1.54, 1.807) is 6.07 Å². The molecule has 1 aromatic rings. The van der Waals surface area contributed by atoms with Gasteiger partial charge in [0.25, 0.3) is 0 Å². The first-order valence-electron chi connectivity index (χ1n) is 6.98. The number of hydrogen-bond acceptors (Lipinski definition) is 4. The molecule has 1 rings (SSSR count). The summed E-state index contributed by atoms with van der Waals surface area (Å²) in [6, 6.07) is 3.80. The minimum atomic E-state index is -0.512. The van der Waals surface area contributed by atoms with E-state index in [1.165, 1.54) is 0 Å². The molecule has 0 unspecified atom stereocenters. The first-order chi connectivity index (χ1) is 9.67. The summed E-state index contributed by atoms with van der Waals surface area (Å²) in [6.45, 7) is 7.93. The summed E-state index contributed by atoms with van der Waals surface area (Å²) in [6.07, 6.45) is 0.334. The van der Waals surface area contributed by atoms with Crippen LogP contribution in [0.2, 0.25) is 0 Å². The van der Waals surface area contributed by atoms with E-state index in [1.807, 2.05) is 33.8 Å². The lowest BCUT2D eigenvalue weighted by atomic mass is 9.74. The topological polar surface area (TPSA) is 69.4 Å². The van der Waals surface area contributed by atoms with E-state index >= 15 is 0 Å². The van der Waals surface area contributed by atoms with Crippen LogP contribution in [-0.4, -0.2) is 26.0 Å². The van der Waals surface area contributed by atoms with Gasteiger partial charge >= 0.3 is 5.97 Å². The minimum absolute atomic E-state index is 0.155. The van der Waals surface area contributed by atoms with Crippen LogP contribution in [0, 0.1) is 13.8 Å². The summed E-state index contributed by atoms with van der Waals surface area (Å²) >= 11 is 0. The summed E-state index contributed by atoms with van der Waals surface area (Å²) in [7, 11) is 5.33. The van der Waals surface area contributed by atoms with Crippen LogP contribution in [0.5, 0.6) is 5.75 Å². The molecule has 2 N–H and O–H groups in total. The first kappa shape index (κ1) is 17.4. The maximum Gasteiger partial charge on any atom is 0.312 e. The second-order valence-electron chi connectivity index (χ2n) is 5.99. The normalized spacial score (nSPS) is 11.3. The fraction of sp³-hybridized carbons (Fsp3) is 0.500. The van der Waals surface area contributed by atoms with Gasteiger partial charge in [-0.2, -0.15) is 0 Å². The first-order valence-corrected chi connectivity index (χ1v) is 6.98. The van der Waals surface area contributed by atoms with E-state index in [0.717, 1.165) is 16.7 Å². The van der Waals surface area contributed by atoms with Gasteiger partial charge in [-0.3, -0.25) is 4.79 Å². The maximum atomic E-state index is 11.7. The molecule has 21 heavy (non-hydrogen) atoms. The molecular weight excluding hydrogens is 265 g/mol. The number of carbonyl (C=O) groups is 2. The van der Waals surface area contributed by atoms with Gasteiger partial charge in [-0.05, 0) is 36.5 Å². The van der Waals surface area contributed by atoms with E-state index in [9.17, 15) is 9.59 Å². The molecule has 0 amide bonds. The third-order valence-electron chi connectivity index (χ3n) is 3.31. The molecule has 4 nitrogen and oxygen atoms in total. The number of nitrogens with two attached hydrogens (primary N) is 1. The van der Waals surface area contributed by atoms with Gasteiger partial charge in [-0.15, -0.1) is 0 Å². The zero-order chi connectivity index (χ0) is 16.2. The Morgan fingerprint density at radius 2 is 1.90 bits per heavy atom. The van der Waals surface area contributed by atoms with Crippen LogP contribution in [0.3, 0.4) is 0 Å². The number of hydrogen-bond donors (Lipinski definition) is 1. The summed E-state index contributed by atoms with van der Waals surface area (Å²) < 4.78 is 5.44. The number of rotatable bonds is 6. The van der Waals surface area contributed by atoms with E-state index in [0.29, 0.717) is 5.75 Å². The Labute approximate surface area is 127 Å². The average Bonchev–Trinajstić information content (AvgIpc) is 2.24. The van der Waals surface area contributed by atoms with E-state index in [4.69, 9.17) is 18.3 Å². The molecule has 0 saturated heterocycles. The highest BCUT2D eigenvalue weighted by molar-refractivity contribution is 6.57. The third kappa shape index (κ3) is 4.71. The molecule has 5 heteroatoms. The Hall–Kier alpha value is -1.62. The van der Waals surface area contributed by atoms with Crippen molar-refractivity contribution in [2.45, 2.75) is 46.0 Å². The van der Waals surface area contributed by atoms with Crippen LogP contribution in [0.25, 0.3) is 0 Å². The molecule has 0 aliphatic rings. The molecule has 0 atom stereocenters. The van der Waals surface area contributed by atoms with Gasteiger partial charge < -0.3 is 15.3 Å². The van der Waals surface area contributed by atoms with Gasteiger partial charge in [0.05, 0.1) is 12.1 Å². The quantitative estimate of drug-likeness (QED) is 0.493. The zero-order valence-electron chi connectivity index (χ0n) is 13.2. The highest BCUT2D eigenvalue weighted by Gasteiger charge is 2.28. The predicted molar refractivity (Wildman–Crippen MR) is 83.6 cm³/mol. The summed E-state index contributed by atoms with van der Waals surface area (Å²) in [4.78, 5) is 23.0. The van der Waals surface area contributed by atoms with Gasteiger partial charge in [-0.1, -0.05) is 19.9 Å². The number of esters is 1. The number of ether oxygens (including phenoxy) is 1. The van der Waals surface area contributed by atoms with Crippen LogP contribution in [-0.2, 0) is 15.0 Å². The maximum absolute atomic E-state index is 11.7. The number of aryl methyl sites for hydroxylation is 2. The van der Waals surface area contributed by atoms with E-state index < -0.39 is 5.41 Å². The van der Waals surface area contributed by atoms with Crippen LogP contribution in [0.15, 0.2) is 12.1 Å². The number of benzene rings is 1. The van der Waals surface area contributed by atoms with Crippen LogP contribution < -0.4 is 10.5 Å². The van der Waals surface area contributed by atoms with Crippen LogP contribution in [0.4, 0.5) is 0 Å². The summed E-state index contributed by atoms with van der Waals surface area (Å²) in [5.74, 6) is 0.107. The molecule has 2 radical (unpaired) electrons. The lowest BCUT2D eigenvalue weighted by molar-refractivity contribution is -0.134. The van der Waals surface area contributed by atoms with Crippen molar-refractivity contribution >= 4 is 19.5 Å². The standard InChI is InChI=1S/C16H22BNO3/c1-10-7-11(2)15(16(3,4)9-13(17)19)12(8-10)21-14(20)5-6-18/h7-8H,5-6,9,18H2,1-4H3. The predicted octanol–water partition coefficient (Wildman–Crippen LogP) is 1.92. The van der Waals surface area contributed by atoms with Crippen molar-refractivity contribution in [1.82, 2.24) is 0 Å². The van der Waals surface area contributed by atoms with Gasteiger partial charge in [0, 0.05) is 18.5 Å². The highest BCUT2D eigenvalue weighted by Crippen LogP contribution is 2.38. The van der Waals surface area contributed by atoms with Gasteiger partial charge in [0.15, 0.2) is 7.85 Å². The molecule has 0 bridgehead atoms. The van der Waals surface area contributed by atoms with Crippen LogP contribution >= 0.6 is 0 Å². The van der Waals surface area contributed by atoms with Crippen LogP contribution in [0.1, 0.15) is 43.4 Å². The fourth-order valence-corrected chi connectivity index (χ4v) is 2.69. The van der Waals surface area contributed by atoms with Gasteiger partial charge in [-0.25, -0.2) is 0 Å². The van der Waals surface area contributed by atoms with Crippen molar-refractivity contribution in [2.24, 2.45) is 5.73 Å². The van der Waals surface area contributed by atoms with Crippen molar-refractivity contribution in [1.29, 1.82) is 0 Å². The highest BCUT2D eigenvalue weighted by atomic mass is 16.5. The second kappa shape index (κ2) is 6.90. The van der Waals surface area contributed by atoms with Crippen molar-refractivity contribution in [3.8, 4) is 5.75 Å². The number of carbonyl (C=O) groups excluding carboxylic acids is 2. The van der Waals surface area contributed by atoms with E-state index in [2.05, 4.69) is 0 Å². The average molecular weight is 287 g/mol. The summed E-state index contributed by atoms with van der Waals surface area (Å²) in [5, 5.41) is 0. The summed E-state index contributed by atoms with van der Waals surface area (Å²) in [5.41, 5.74) is 7.26. The molecule has 1 aromatic carbocycles. The Morgan fingerprint density at radius 1 is 1.29 bits per heavy atom. The molecule has 112 valence electrons. The van der Waals surface area contributed by atoms with Crippen molar-refractivity contribution in [2.75, 3.05) is 6.54 Å². The molecule has 0 aromatic heterocycles. The second-order valence-corrected chi connectivity index (χ2v) is 5.99. The van der Waals surface area contributed by atoms with Crippen molar-refractivity contribution in [3.05, 3.63) is 28.8 Å². The Bertz CT molecular complexity index is 553. The van der Waals surface area contributed by atoms with Crippen molar-refractivity contribution in [3.63, 3.8) is 0 Å². The lowest BCUT2D eigenvalue weighted by Crippen LogP contribution is -2.25. The SMILES string of the molecule is [B]C(=O)CC(C)(C)c1c(C)cc(C)cc1OC(=O)CCN. The molecule has 0 spiro atoms. The molecule has 0 saturated carbocycles. The Morgan fingerprint density at radius 3 is 2.43 bits per heavy atom. The molecule has 0 heterocycles. The molecular formula is C16H22BNO3. The lowest BCUT2D eigenvalue weighted by Gasteiger charge is -2.28. The molecule has 0 aliphatic carbocycles. The Kier molecular flexibility index (Phi) is 5.73. The minimum Gasteiger partial charge on any atom is -0.426 e. The fourth-order valence-electron chi connectivity index (χ4n) is 2.69. The molecule has 0 aliphatic heterocycles. The Balaban J connectivity index is 3.29. The largest absolute Gasteiger partial charge is 0.426 e. The zero-order valence-corrected chi connectivity index (χ0v) is 13.2.